The van der Waals surface area contributed by atoms with Gasteiger partial charge in [-0.3, -0.25) is 0 Å². The molecule has 0 aliphatic carbocycles. The molecule has 3 aromatic rings. The van der Waals surface area contributed by atoms with E-state index < -0.39 is 5.82 Å². The maximum atomic E-state index is 14.6. The van der Waals surface area contributed by atoms with Crippen LogP contribution in [0.5, 0.6) is 5.75 Å². The molecule has 0 bridgehead atoms. The number of nitrogens with one attached hydrogen (secondary N) is 1. The van der Waals surface area contributed by atoms with Crippen molar-refractivity contribution in [2.75, 3.05) is 18.1 Å². The zero-order valence-electron chi connectivity index (χ0n) is 11.7. The van der Waals surface area contributed by atoms with Gasteiger partial charge in [-0.05, 0) is 5.21 Å². The van der Waals surface area contributed by atoms with Gasteiger partial charge >= 0.3 is 0 Å². The van der Waals surface area contributed by atoms with Crippen molar-refractivity contribution in [3.05, 3.63) is 34.9 Å². The molecule has 0 saturated carbocycles. The Kier molecular flexibility index (Phi) is 3.34. The summed E-state index contributed by atoms with van der Waals surface area (Å²) in [6.07, 6.45) is 1.49. The summed E-state index contributed by atoms with van der Waals surface area (Å²) in [5, 5.41) is 17.4. The van der Waals surface area contributed by atoms with Crippen molar-refractivity contribution in [2.24, 2.45) is 0 Å². The van der Waals surface area contributed by atoms with Crippen LogP contribution < -0.4 is 9.64 Å². The lowest BCUT2D eigenvalue weighted by atomic mass is 10.1. The fourth-order valence-corrected chi connectivity index (χ4v) is 2.73. The normalized spacial score (nSPS) is 13.7. The summed E-state index contributed by atoms with van der Waals surface area (Å²) in [6, 6.07) is 3.19. The van der Waals surface area contributed by atoms with Crippen LogP contribution in [0.1, 0.15) is 5.69 Å². The van der Waals surface area contributed by atoms with Gasteiger partial charge in [-0.1, -0.05) is 16.8 Å². The molecule has 3 heterocycles. The Bertz CT molecular complexity index is 824. The topological polar surface area (TPSA) is 93.0 Å². The van der Waals surface area contributed by atoms with Gasteiger partial charge in [-0.2, -0.15) is 5.21 Å². The van der Waals surface area contributed by atoms with Crippen LogP contribution in [-0.4, -0.2) is 38.9 Å². The average molecular weight is 337 g/mol. The molecule has 0 radical (unpaired) electrons. The molecule has 4 rings (SSSR count). The smallest absolute Gasteiger partial charge is 0.209 e. The van der Waals surface area contributed by atoms with Crippen LogP contribution in [0.2, 0.25) is 5.02 Å². The average Bonchev–Trinajstić information content (AvgIpc) is 3.22. The van der Waals surface area contributed by atoms with Crippen LogP contribution in [0.15, 0.2) is 22.9 Å². The van der Waals surface area contributed by atoms with Crippen LogP contribution in [0, 0.1) is 5.82 Å². The second-order valence-electron chi connectivity index (χ2n) is 4.89. The quantitative estimate of drug-likeness (QED) is 0.782. The van der Waals surface area contributed by atoms with Crippen molar-refractivity contribution in [3.8, 4) is 17.1 Å². The molecule has 0 spiro atoms. The Morgan fingerprint density at radius 1 is 1.43 bits per heavy atom. The number of rotatable bonds is 3. The Morgan fingerprint density at radius 2 is 2.35 bits per heavy atom. The monoisotopic (exact) mass is 336 g/mol. The van der Waals surface area contributed by atoms with E-state index in [4.69, 9.17) is 20.9 Å². The van der Waals surface area contributed by atoms with E-state index in [9.17, 15) is 4.39 Å². The van der Waals surface area contributed by atoms with E-state index in [-0.39, 0.29) is 16.4 Å². The van der Waals surface area contributed by atoms with Crippen molar-refractivity contribution < 1.29 is 13.7 Å². The molecule has 1 aromatic carbocycles. The zero-order valence-corrected chi connectivity index (χ0v) is 12.4. The number of hydrogen-bond donors (Lipinski definition) is 1. The predicted molar refractivity (Wildman–Crippen MR) is 77.6 cm³/mol. The predicted octanol–water partition coefficient (Wildman–Crippen LogP) is 2.05. The lowest BCUT2D eigenvalue weighted by Crippen LogP contribution is -2.33. The molecule has 1 aliphatic rings. The highest BCUT2D eigenvalue weighted by molar-refractivity contribution is 6.31. The number of hydrogen-bond acceptors (Lipinski definition) is 7. The van der Waals surface area contributed by atoms with Gasteiger partial charge in [0.15, 0.2) is 5.82 Å². The lowest BCUT2D eigenvalue weighted by Gasteiger charge is -2.32. The number of aromatic nitrogens is 5. The second-order valence-corrected chi connectivity index (χ2v) is 5.30. The Labute approximate surface area is 134 Å². The van der Waals surface area contributed by atoms with E-state index in [1.807, 2.05) is 4.90 Å². The third-order valence-electron chi connectivity index (χ3n) is 3.51. The van der Waals surface area contributed by atoms with Crippen LogP contribution in [0.3, 0.4) is 0 Å². The van der Waals surface area contributed by atoms with Crippen LogP contribution in [0.4, 0.5) is 10.1 Å². The molecule has 23 heavy (non-hydrogen) atoms. The first-order valence-electron chi connectivity index (χ1n) is 6.77. The molecule has 0 unspecified atom stereocenters. The largest absolute Gasteiger partial charge is 0.489 e. The molecule has 0 saturated heterocycles. The summed E-state index contributed by atoms with van der Waals surface area (Å²) in [5.74, 6) is -0.0506. The number of anilines is 1. The van der Waals surface area contributed by atoms with Crippen LogP contribution >= 0.6 is 11.6 Å². The molecule has 0 amide bonds. The highest BCUT2D eigenvalue weighted by atomic mass is 35.5. The number of ether oxygens (including phenoxy) is 1. The molecular weight excluding hydrogens is 327 g/mol. The van der Waals surface area contributed by atoms with Gasteiger partial charge in [-0.15, -0.1) is 10.2 Å². The van der Waals surface area contributed by atoms with E-state index >= 15 is 0 Å². The van der Waals surface area contributed by atoms with Gasteiger partial charge in [0.05, 0.1) is 29.4 Å². The SMILES string of the molecule is Fc1c(Cl)cc2c(c1-c1nn[nH]n1)N(Cc1ccon1)CCO2. The van der Waals surface area contributed by atoms with Crippen LogP contribution in [-0.2, 0) is 6.54 Å². The van der Waals surface area contributed by atoms with Crippen LogP contribution in [0.25, 0.3) is 11.4 Å². The Morgan fingerprint density at radius 3 is 3.09 bits per heavy atom. The minimum absolute atomic E-state index is 0.0631. The van der Waals surface area contributed by atoms with E-state index in [0.717, 1.165) is 0 Å². The van der Waals surface area contributed by atoms with E-state index in [0.29, 0.717) is 36.8 Å². The van der Waals surface area contributed by atoms with Gasteiger partial charge in [0.2, 0.25) is 5.82 Å². The van der Waals surface area contributed by atoms with Crippen molar-refractivity contribution in [1.29, 1.82) is 0 Å². The molecule has 1 aliphatic heterocycles. The highest BCUT2D eigenvalue weighted by Crippen LogP contribution is 2.44. The molecule has 118 valence electrons. The summed E-state index contributed by atoms with van der Waals surface area (Å²) in [5.41, 5.74) is 1.37. The molecule has 1 N–H and O–H groups in total. The van der Waals surface area contributed by atoms with E-state index in [2.05, 4.69) is 25.8 Å². The third-order valence-corrected chi connectivity index (χ3v) is 3.78. The highest BCUT2D eigenvalue weighted by Gasteiger charge is 2.29. The number of fused-ring (bicyclic) bond motifs is 1. The summed E-state index contributed by atoms with van der Waals surface area (Å²) >= 11 is 5.97. The molecule has 8 nitrogen and oxygen atoms in total. The fourth-order valence-electron chi connectivity index (χ4n) is 2.54. The number of aromatic amines is 1. The molecule has 0 atom stereocenters. The minimum atomic E-state index is -0.623. The van der Waals surface area contributed by atoms with Gasteiger partial charge in [0, 0.05) is 12.1 Å². The number of tetrazole rings is 1. The number of H-pyrrole nitrogens is 1. The first-order valence-corrected chi connectivity index (χ1v) is 7.14. The summed E-state index contributed by atoms with van der Waals surface area (Å²) in [4.78, 5) is 1.92. The van der Waals surface area contributed by atoms with Crippen molar-refractivity contribution in [3.63, 3.8) is 0 Å². The Hall–Kier alpha value is -2.68. The Balaban J connectivity index is 1.87. The molecular formula is C13H10ClFN6O2. The fraction of sp³-hybridized carbons (Fsp3) is 0.231. The first-order chi connectivity index (χ1) is 11.2. The zero-order chi connectivity index (χ0) is 15.8. The van der Waals surface area contributed by atoms with Gasteiger partial charge in [-0.25, -0.2) is 4.39 Å². The van der Waals surface area contributed by atoms with E-state index in [1.165, 1.54) is 12.3 Å². The lowest BCUT2D eigenvalue weighted by molar-refractivity contribution is 0.305. The van der Waals surface area contributed by atoms with Gasteiger partial charge in [0.25, 0.3) is 0 Å². The minimum Gasteiger partial charge on any atom is -0.489 e. The number of halogens is 2. The van der Waals surface area contributed by atoms with E-state index in [1.54, 1.807) is 6.07 Å². The number of benzene rings is 1. The molecule has 2 aromatic heterocycles. The maximum Gasteiger partial charge on any atom is 0.209 e. The summed E-state index contributed by atoms with van der Waals surface area (Å²) < 4.78 is 25.1. The van der Waals surface area contributed by atoms with Gasteiger partial charge < -0.3 is 14.2 Å². The first kappa shape index (κ1) is 13.9. The van der Waals surface area contributed by atoms with Crippen molar-refractivity contribution in [2.45, 2.75) is 6.54 Å². The van der Waals surface area contributed by atoms with Gasteiger partial charge in [0.1, 0.15) is 24.3 Å². The third kappa shape index (κ3) is 2.38. The summed E-state index contributed by atoms with van der Waals surface area (Å²) in [7, 11) is 0. The van der Waals surface area contributed by atoms with Crippen molar-refractivity contribution in [1.82, 2.24) is 25.8 Å². The maximum absolute atomic E-state index is 14.6. The summed E-state index contributed by atoms with van der Waals surface area (Å²) in [6.45, 7) is 1.42. The molecule has 0 fully saturated rings. The molecule has 10 heteroatoms. The van der Waals surface area contributed by atoms with Crippen molar-refractivity contribution >= 4 is 17.3 Å². The second kappa shape index (κ2) is 5.51. The standard InChI is InChI=1S/C13H10ClFN6O2/c14-8-5-9-12(10(11(8)15)13-16-19-20-17-13)21(2-4-22-9)6-7-1-3-23-18-7/h1,3,5H,2,4,6H2,(H,16,17,19,20). The number of nitrogens with zero attached hydrogens (tertiary/aromatic N) is 5.